The number of nitrogens with one attached hydrogen (secondary N) is 1. The van der Waals surface area contributed by atoms with Crippen LogP contribution in [-0.4, -0.2) is 34.6 Å². The molecule has 184 valence electrons. The van der Waals surface area contributed by atoms with Gasteiger partial charge in [0.25, 0.3) is 11.5 Å². The standard InChI is InChI=1S/C27H23Cl2N3O4/c1-15-11-13-32(2)26(34)22(15)17-10-9-16(24-18(17)6-5-12-30-24)14-21(27(35)36-3)31-25(33)23-19(28)7-4-8-20(23)29/h4-13,21H,14H2,1-3H3,(H,31,33). The molecule has 9 heteroatoms. The van der Waals surface area contributed by atoms with E-state index in [-0.39, 0.29) is 27.6 Å². The van der Waals surface area contributed by atoms with Gasteiger partial charge in [0.05, 0.1) is 33.8 Å². The van der Waals surface area contributed by atoms with Crippen molar-refractivity contribution in [1.29, 1.82) is 0 Å². The van der Waals surface area contributed by atoms with Crippen molar-refractivity contribution in [2.75, 3.05) is 7.11 Å². The Hall–Kier alpha value is -3.68. The maximum absolute atomic E-state index is 13.0. The van der Waals surface area contributed by atoms with Gasteiger partial charge in [-0.1, -0.05) is 47.5 Å². The van der Waals surface area contributed by atoms with Crippen molar-refractivity contribution < 1.29 is 14.3 Å². The summed E-state index contributed by atoms with van der Waals surface area (Å²) in [6.45, 7) is 1.88. The van der Waals surface area contributed by atoms with E-state index in [0.29, 0.717) is 16.6 Å². The zero-order chi connectivity index (χ0) is 26.0. The topological polar surface area (TPSA) is 90.3 Å². The Bertz CT molecular complexity index is 1530. The molecule has 0 fully saturated rings. The van der Waals surface area contributed by atoms with E-state index in [0.717, 1.165) is 16.5 Å². The summed E-state index contributed by atoms with van der Waals surface area (Å²) in [4.78, 5) is 43.1. The van der Waals surface area contributed by atoms with Crippen LogP contribution in [0, 0.1) is 6.92 Å². The summed E-state index contributed by atoms with van der Waals surface area (Å²) in [5.41, 5.74) is 3.41. The van der Waals surface area contributed by atoms with Crippen molar-refractivity contribution in [2.45, 2.75) is 19.4 Å². The molecular formula is C27H23Cl2N3O4. The number of pyridine rings is 2. The van der Waals surface area contributed by atoms with Crippen LogP contribution in [-0.2, 0) is 23.0 Å². The SMILES string of the molecule is COC(=O)C(Cc1ccc(-c2c(C)ccn(C)c2=O)c2cccnc12)NC(=O)c1c(Cl)cccc1Cl. The molecule has 0 aliphatic carbocycles. The molecule has 7 nitrogen and oxygen atoms in total. The van der Waals surface area contributed by atoms with Gasteiger partial charge < -0.3 is 14.6 Å². The molecule has 1 N–H and O–H groups in total. The summed E-state index contributed by atoms with van der Waals surface area (Å²) in [5, 5.41) is 3.78. The van der Waals surface area contributed by atoms with Gasteiger partial charge in [-0.25, -0.2) is 4.79 Å². The van der Waals surface area contributed by atoms with Crippen molar-refractivity contribution in [3.63, 3.8) is 0 Å². The average molecular weight is 524 g/mol. The molecule has 1 amide bonds. The minimum absolute atomic E-state index is 0.0727. The van der Waals surface area contributed by atoms with Crippen molar-refractivity contribution in [3.05, 3.63) is 98.0 Å². The third-order valence-electron chi connectivity index (χ3n) is 6.00. The van der Waals surface area contributed by atoms with Gasteiger partial charge >= 0.3 is 5.97 Å². The third kappa shape index (κ3) is 4.85. The molecule has 1 atom stereocenters. The number of methoxy groups -OCH3 is 1. The highest BCUT2D eigenvalue weighted by atomic mass is 35.5. The second-order valence-electron chi connectivity index (χ2n) is 8.31. The van der Waals surface area contributed by atoms with Crippen LogP contribution >= 0.6 is 23.2 Å². The molecule has 2 heterocycles. The van der Waals surface area contributed by atoms with Gasteiger partial charge in [-0.2, -0.15) is 0 Å². The molecule has 2 aromatic carbocycles. The fourth-order valence-corrected chi connectivity index (χ4v) is 4.73. The van der Waals surface area contributed by atoms with Crippen molar-refractivity contribution in [3.8, 4) is 11.1 Å². The predicted molar refractivity (Wildman–Crippen MR) is 141 cm³/mol. The number of halogens is 2. The summed E-state index contributed by atoms with van der Waals surface area (Å²) < 4.78 is 6.48. The van der Waals surface area contributed by atoms with Crippen LogP contribution in [0.4, 0.5) is 0 Å². The summed E-state index contributed by atoms with van der Waals surface area (Å²) >= 11 is 12.3. The van der Waals surface area contributed by atoms with Crippen molar-refractivity contribution in [1.82, 2.24) is 14.9 Å². The highest BCUT2D eigenvalue weighted by molar-refractivity contribution is 6.39. The average Bonchev–Trinajstić information content (AvgIpc) is 2.86. The molecule has 4 rings (SSSR count). The van der Waals surface area contributed by atoms with E-state index >= 15 is 0 Å². The Morgan fingerprint density at radius 1 is 1.08 bits per heavy atom. The molecule has 0 saturated heterocycles. The normalized spacial score (nSPS) is 11.8. The highest BCUT2D eigenvalue weighted by Gasteiger charge is 2.26. The number of aromatic nitrogens is 2. The number of esters is 1. The summed E-state index contributed by atoms with van der Waals surface area (Å²) in [6.07, 6.45) is 3.46. The fourth-order valence-electron chi connectivity index (χ4n) is 4.16. The van der Waals surface area contributed by atoms with E-state index < -0.39 is 17.9 Å². The van der Waals surface area contributed by atoms with Crippen LogP contribution in [0.2, 0.25) is 10.0 Å². The van der Waals surface area contributed by atoms with Gasteiger partial charge in [-0.3, -0.25) is 14.6 Å². The molecule has 0 saturated carbocycles. The van der Waals surface area contributed by atoms with Crippen LogP contribution < -0.4 is 10.9 Å². The van der Waals surface area contributed by atoms with Gasteiger partial charge in [-0.15, -0.1) is 0 Å². The van der Waals surface area contributed by atoms with Gasteiger partial charge in [0, 0.05) is 31.2 Å². The number of carbonyl (C=O) groups is 2. The van der Waals surface area contributed by atoms with Crippen LogP contribution in [0.1, 0.15) is 21.5 Å². The Kier molecular flexibility index (Phi) is 7.43. The molecule has 0 bridgehead atoms. The Morgan fingerprint density at radius 2 is 1.81 bits per heavy atom. The Balaban J connectivity index is 1.76. The number of hydrogen-bond acceptors (Lipinski definition) is 5. The lowest BCUT2D eigenvalue weighted by Crippen LogP contribution is -2.43. The number of carbonyl (C=O) groups excluding carboxylic acids is 2. The second-order valence-corrected chi connectivity index (χ2v) is 9.13. The summed E-state index contributed by atoms with van der Waals surface area (Å²) in [7, 11) is 2.95. The lowest BCUT2D eigenvalue weighted by atomic mass is 9.94. The summed E-state index contributed by atoms with van der Waals surface area (Å²) in [6, 6.07) is 12.9. The number of benzene rings is 2. The minimum atomic E-state index is -1.03. The van der Waals surface area contributed by atoms with E-state index in [4.69, 9.17) is 27.9 Å². The monoisotopic (exact) mass is 523 g/mol. The molecule has 0 spiro atoms. The number of ether oxygens (including phenoxy) is 1. The van der Waals surface area contributed by atoms with E-state index in [1.807, 2.05) is 25.1 Å². The molecule has 4 aromatic rings. The van der Waals surface area contributed by atoms with Gasteiger partial charge in [0.2, 0.25) is 0 Å². The molecule has 0 aliphatic rings. The van der Waals surface area contributed by atoms with Gasteiger partial charge in [-0.05, 0) is 47.9 Å². The lowest BCUT2D eigenvalue weighted by molar-refractivity contribution is -0.142. The first kappa shape index (κ1) is 25.4. The first-order chi connectivity index (χ1) is 17.2. The lowest BCUT2D eigenvalue weighted by Gasteiger charge is -2.19. The number of fused-ring (bicyclic) bond motifs is 1. The highest BCUT2D eigenvalue weighted by Crippen LogP contribution is 2.31. The number of aryl methyl sites for hydroxylation is 2. The maximum Gasteiger partial charge on any atom is 0.328 e. The van der Waals surface area contributed by atoms with E-state index in [1.165, 1.54) is 11.7 Å². The quantitative estimate of drug-likeness (QED) is 0.369. The van der Waals surface area contributed by atoms with Gasteiger partial charge in [0.15, 0.2) is 0 Å². The fraction of sp³-hybridized carbons (Fsp3) is 0.185. The zero-order valence-electron chi connectivity index (χ0n) is 19.8. The molecule has 36 heavy (non-hydrogen) atoms. The van der Waals surface area contributed by atoms with E-state index in [1.54, 1.807) is 49.8 Å². The first-order valence-corrected chi connectivity index (χ1v) is 11.8. The molecule has 2 aromatic heterocycles. The zero-order valence-corrected chi connectivity index (χ0v) is 21.4. The first-order valence-electron chi connectivity index (χ1n) is 11.1. The third-order valence-corrected chi connectivity index (χ3v) is 6.63. The van der Waals surface area contributed by atoms with E-state index in [2.05, 4.69) is 10.3 Å². The molecule has 0 radical (unpaired) electrons. The Morgan fingerprint density at radius 3 is 2.50 bits per heavy atom. The number of amides is 1. The van der Waals surface area contributed by atoms with Crippen LogP contribution in [0.5, 0.6) is 0 Å². The smallest absolute Gasteiger partial charge is 0.328 e. The maximum atomic E-state index is 13.0. The van der Waals surface area contributed by atoms with Crippen LogP contribution in [0.15, 0.2) is 65.7 Å². The number of rotatable bonds is 6. The molecule has 0 aliphatic heterocycles. The largest absolute Gasteiger partial charge is 0.467 e. The predicted octanol–water partition coefficient (Wildman–Crippen LogP) is 4.73. The van der Waals surface area contributed by atoms with Crippen LogP contribution in [0.3, 0.4) is 0 Å². The molecule has 1 unspecified atom stereocenters. The minimum Gasteiger partial charge on any atom is -0.467 e. The van der Waals surface area contributed by atoms with Crippen molar-refractivity contribution in [2.24, 2.45) is 7.05 Å². The number of nitrogens with zero attached hydrogens (tertiary/aromatic N) is 2. The van der Waals surface area contributed by atoms with Gasteiger partial charge in [0.1, 0.15) is 6.04 Å². The molecular weight excluding hydrogens is 501 g/mol. The van der Waals surface area contributed by atoms with Crippen LogP contribution in [0.25, 0.3) is 22.0 Å². The van der Waals surface area contributed by atoms with E-state index in [9.17, 15) is 14.4 Å². The van der Waals surface area contributed by atoms with Crippen molar-refractivity contribution >= 4 is 46.0 Å². The number of hydrogen-bond donors (Lipinski definition) is 1. The second kappa shape index (κ2) is 10.5. The Labute approximate surface area is 217 Å². The summed E-state index contributed by atoms with van der Waals surface area (Å²) in [5.74, 6) is -1.23.